The number of aryl methyl sites for hydroxylation is 1. The lowest BCUT2D eigenvalue weighted by molar-refractivity contribution is 0.545. The van der Waals surface area contributed by atoms with Crippen LogP contribution in [0.5, 0.6) is 0 Å². The van der Waals surface area contributed by atoms with Crippen LogP contribution in [0.2, 0.25) is 0 Å². The van der Waals surface area contributed by atoms with E-state index in [1.807, 2.05) is 19.1 Å². The molecule has 20 heavy (non-hydrogen) atoms. The molecule has 0 aliphatic carbocycles. The molecule has 1 nitrogen and oxygen atoms in total. The molecule has 2 aromatic rings. The quantitative estimate of drug-likeness (QED) is 0.781. The van der Waals surface area contributed by atoms with Gasteiger partial charge in [-0.1, -0.05) is 42.8 Å². The second-order valence-electron chi connectivity index (χ2n) is 4.76. The van der Waals surface area contributed by atoms with Crippen molar-refractivity contribution in [2.75, 3.05) is 12.3 Å². The molecule has 1 N–H and O–H groups in total. The van der Waals surface area contributed by atoms with Gasteiger partial charge in [0, 0.05) is 22.3 Å². The van der Waals surface area contributed by atoms with Crippen LogP contribution in [0, 0.1) is 12.7 Å². The monoisotopic (exact) mass is 289 g/mol. The second kappa shape index (κ2) is 7.46. The molecule has 0 aromatic heterocycles. The highest BCUT2D eigenvalue weighted by atomic mass is 32.2. The Morgan fingerprint density at radius 1 is 1.15 bits per heavy atom. The molecule has 0 bridgehead atoms. The van der Waals surface area contributed by atoms with Crippen molar-refractivity contribution in [2.45, 2.75) is 24.8 Å². The van der Waals surface area contributed by atoms with E-state index >= 15 is 0 Å². The number of hydrogen-bond donors (Lipinski definition) is 1. The molecular formula is C17H20FNS. The number of hydrogen-bond acceptors (Lipinski definition) is 2. The first-order valence-electron chi connectivity index (χ1n) is 6.88. The van der Waals surface area contributed by atoms with Crippen LogP contribution in [-0.2, 0) is 0 Å². The van der Waals surface area contributed by atoms with Gasteiger partial charge in [-0.15, -0.1) is 11.8 Å². The summed E-state index contributed by atoms with van der Waals surface area (Å²) in [7, 11) is 0. The fraction of sp³-hybridized carbons (Fsp3) is 0.294. The van der Waals surface area contributed by atoms with Gasteiger partial charge in [0.1, 0.15) is 5.82 Å². The minimum atomic E-state index is -0.136. The number of nitrogens with one attached hydrogen (secondary N) is 1. The van der Waals surface area contributed by atoms with E-state index in [4.69, 9.17) is 0 Å². The lowest BCUT2D eigenvalue weighted by atomic mass is 10.1. The predicted octanol–water partition coefficient (Wildman–Crippen LogP) is 4.58. The van der Waals surface area contributed by atoms with E-state index in [0.717, 1.165) is 17.9 Å². The molecule has 0 aliphatic heterocycles. The number of thioether (sulfide) groups is 1. The molecule has 0 heterocycles. The lowest BCUT2D eigenvalue weighted by Crippen LogP contribution is -2.23. The Bertz CT molecular complexity index is 556. The Morgan fingerprint density at radius 2 is 1.95 bits per heavy atom. The average Bonchev–Trinajstić information content (AvgIpc) is 2.44. The molecular weight excluding hydrogens is 269 g/mol. The van der Waals surface area contributed by atoms with Crippen molar-refractivity contribution >= 4 is 11.8 Å². The van der Waals surface area contributed by atoms with Crippen LogP contribution < -0.4 is 5.32 Å². The normalized spacial score (nSPS) is 12.3. The standard InChI is InChI=1S/C17H20FNS/c1-3-19-17(15-9-4-5-10-16(15)18)12-20-14-8-6-7-13(2)11-14/h4-11,17,19H,3,12H2,1-2H3. The summed E-state index contributed by atoms with van der Waals surface area (Å²) in [6.07, 6.45) is 0. The molecule has 2 rings (SSSR count). The SMILES string of the molecule is CCNC(CSc1cccc(C)c1)c1ccccc1F. The van der Waals surface area contributed by atoms with Crippen LogP contribution in [0.15, 0.2) is 53.4 Å². The largest absolute Gasteiger partial charge is 0.309 e. The highest BCUT2D eigenvalue weighted by Crippen LogP contribution is 2.26. The van der Waals surface area contributed by atoms with Crippen LogP contribution in [0.1, 0.15) is 24.1 Å². The van der Waals surface area contributed by atoms with E-state index in [2.05, 4.69) is 36.5 Å². The summed E-state index contributed by atoms with van der Waals surface area (Å²) in [6.45, 7) is 4.96. The van der Waals surface area contributed by atoms with Crippen molar-refractivity contribution in [1.82, 2.24) is 5.32 Å². The third kappa shape index (κ3) is 4.09. The number of benzene rings is 2. The Hall–Kier alpha value is -1.32. The van der Waals surface area contributed by atoms with Crippen LogP contribution >= 0.6 is 11.8 Å². The maximum Gasteiger partial charge on any atom is 0.128 e. The summed E-state index contributed by atoms with van der Waals surface area (Å²) in [5.41, 5.74) is 2.00. The Labute approximate surface area is 124 Å². The molecule has 2 aromatic carbocycles. The van der Waals surface area contributed by atoms with E-state index in [-0.39, 0.29) is 11.9 Å². The first kappa shape index (κ1) is 15.1. The summed E-state index contributed by atoms with van der Waals surface area (Å²) < 4.78 is 13.9. The van der Waals surface area contributed by atoms with Gasteiger partial charge in [-0.3, -0.25) is 0 Å². The van der Waals surface area contributed by atoms with E-state index < -0.39 is 0 Å². The molecule has 0 saturated carbocycles. The average molecular weight is 289 g/mol. The van der Waals surface area contributed by atoms with Gasteiger partial charge in [-0.25, -0.2) is 4.39 Å². The van der Waals surface area contributed by atoms with Crippen molar-refractivity contribution in [3.63, 3.8) is 0 Å². The molecule has 1 unspecified atom stereocenters. The molecule has 0 radical (unpaired) electrons. The van der Waals surface area contributed by atoms with E-state index in [9.17, 15) is 4.39 Å². The van der Waals surface area contributed by atoms with E-state index in [1.54, 1.807) is 17.8 Å². The van der Waals surface area contributed by atoms with Crippen molar-refractivity contribution in [3.05, 3.63) is 65.5 Å². The third-order valence-corrected chi connectivity index (χ3v) is 4.22. The van der Waals surface area contributed by atoms with Gasteiger partial charge in [0.15, 0.2) is 0 Å². The molecule has 1 atom stereocenters. The van der Waals surface area contributed by atoms with Gasteiger partial charge in [0.25, 0.3) is 0 Å². The molecule has 106 valence electrons. The fourth-order valence-electron chi connectivity index (χ4n) is 2.15. The summed E-state index contributed by atoms with van der Waals surface area (Å²) >= 11 is 1.76. The zero-order valence-electron chi connectivity index (χ0n) is 11.9. The minimum absolute atomic E-state index is 0.0340. The van der Waals surface area contributed by atoms with Crippen LogP contribution in [0.25, 0.3) is 0 Å². The van der Waals surface area contributed by atoms with Crippen molar-refractivity contribution in [2.24, 2.45) is 0 Å². The first-order chi connectivity index (χ1) is 9.70. The van der Waals surface area contributed by atoms with Gasteiger partial charge < -0.3 is 5.32 Å². The van der Waals surface area contributed by atoms with Crippen molar-refractivity contribution in [3.8, 4) is 0 Å². The second-order valence-corrected chi connectivity index (χ2v) is 5.85. The fourth-order valence-corrected chi connectivity index (χ4v) is 3.25. The zero-order valence-corrected chi connectivity index (χ0v) is 12.7. The Balaban J connectivity index is 2.08. The summed E-state index contributed by atoms with van der Waals surface area (Å²) in [5, 5.41) is 3.36. The molecule has 0 saturated heterocycles. The lowest BCUT2D eigenvalue weighted by Gasteiger charge is -2.18. The summed E-state index contributed by atoms with van der Waals surface area (Å²) in [6, 6.07) is 15.4. The molecule has 0 fully saturated rings. The zero-order chi connectivity index (χ0) is 14.4. The molecule has 0 aliphatic rings. The molecule has 0 amide bonds. The first-order valence-corrected chi connectivity index (χ1v) is 7.86. The highest BCUT2D eigenvalue weighted by Gasteiger charge is 2.14. The smallest absolute Gasteiger partial charge is 0.128 e. The van der Waals surface area contributed by atoms with Gasteiger partial charge in [-0.2, -0.15) is 0 Å². The maximum atomic E-state index is 13.9. The van der Waals surface area contributed by atoms with Crippen LogP contribution in [0.4, 0.5) is 4.39 Å². The van der Waals surface area contributed by atoms with Gasteiger partial charge in [0.2, 0.25) is 0 Å². The van der Waals surface area contributed by atoms with E-state index in [0.29, 0.717) is 0 Å². The minimum Gasteiger partial charge on any atom is -0.309 e. The molecule has 0 spiro atoms. The van der Waals surface area contributed by atoms with Crippen molar-refractivity contribution in [1.29, 1.82) is 0 Å². The molecule has 3 heteroatoms. The Morgan fingerprint density at radius 3 is 2.65 bits per heavy atom. The summed E-state index contributed by atoms with van der Waals surface area (Å²) in [4.78, 5) is 1.23. The van der Waals surface area contributed by atoms with Gasteiger partial charge in [0.05, 0.1) is 0 Å². The Kier molecular flexibility index (Phi) is 5.62. The predicted molar refractivity (Wildman–Crippen MR) is 84.7 cm³/mol. The maximum absolute atomic E-state index is 13.9. The van der Waals surface area contributed by atoms with Crippen molar-refractivity contribution < 1.29 is 4.39 Å². The van der Waals surface area contributed by atoms with Crippen LogP contribution in [-0.4, -0.2) is 12.3 Å². The van der Waals surface area contributed by atoms with Gasteiger partial charge in [-0.05, 0) is 31.7 Å². The summed E-state index contributed by atoms with van der Waals surface area (Å²) in [5.74, 6) is 0.682. The number of halogens is 1. The number of rotatable bonds is 6. The van der Waals surface area contributed by atoms with E-state index in [1.165, 1.54) is 16.5 Å². The highest BCUT2D eigenvalue weighted by molar-refractivity contribution is 7.99. The van der Waals surface area contributed by atoms with Crippen LogP contribution in [0.3, 0.4) is 0 Å². The van der Waals surface area contributed by atoms with Gasteiger partial charge >= 0.3 is 0 Å². The topological polar surface area (TPSA) is 12.0 Å². The third-order valence-electron chi connectivity index (χ3n) is 3.14.